The Balaban J connectivity index is 1.99. The molecule has 0 unspecified atom stereocenters. The third-order valence-electron chi connectivity index (χ3n) is 3.89. The predicted octanol–water partition coefficient (Wildman–Crippen LogP) is 4.73. The SMILES string of the molecule is COc1ccc(C(=O)N(Cc2c(F)cccc2Cl)c2ccccn2)cc1. The van der Waals surface area contributed by atoms with Gasteiger partial charge in [-0.3, -0.25) is 9.69 Å². The lowest BCUT2D eigenvalue weighted by Crippen LogP contribution is -2.31. The van der Waals surface area contributed by atoms with E-state index in [4.69, 9.17) is 16.3 Å². The molecule has 1 amide bonds. The van der Waals surface area contributed by atoms with Crippen LogP contribution in [0.15, 0.2) is 66.9 Å². The average Bonchev–Trinajstić information content (AvgIpc) is 2.68. The fourth-order valence-corrected chi connectivity index (χ4v) is 2.72. The van der Waals surface area contributed by atoms with Crippen molar-refractivity contribution < 1.29 is 13.9 Å². The highest BCUT2D eigenvalue weighted by Crippen LogP contribution is 2.25. The lowest BCUT2D eigenvalue weighted by molar-refractivity contribution is 0.0984. The van der Waals surface area contributed by atoms with Crippen LogP contribution in [0.25, 0.3) is 0 Å². The van der Waals surface area contributed by atoms with Crippen molar-refractivity contribution in [3.63, 3.8) is 0 Å². The van der Waals surface area contributed by atoms with Gasteiger partial charge < -0.3 is 4.74 Å². The number of halogens is 2. The Kier molecular flexibility index (Phi) is 5.49. The van der Waals surface area contributed by atoms with Gasteiger partial charge in [0.2, 0.25) is 0 Å². The van der Waals surface area contributed by atoms with E-state index in [1.54, 1.807) is 61.8 Å². The minimum atomic E-state index is -0.471. The summed E-state index contributed by atoms with van der Waals surface area (Å²) in [7, 11) is 1.55. The number of nitrogens with zero attached hydrogens (tertiary/aromatic N) is 2. The summed E-state index contributed by atoms with van der Waals surface area (Å²) in [5.41, 5.74) is 0.672. The zero-order valence-electron chi connectivity index (χ0n) is 14.0. The van der Waals surface area contributed by atoms with Crippen molar-refractivity contribution in [3.8, 4) is 5.75 Å². The van der Waals surface area contributed by atoms with E-state index in [0.29, 0.717) is 17.1 Å². The first-order valence-corrected chi connectivity index (χ1v) is 8.28. The van der Waals surface area contributed by atoms with E-state index >= 15 is 0 Å². The predicted molar refractivity (Wildman–Crippen MR) is 99.2 cm³/mol. The maximum atomic E-state index is 14.2. The highest BCUT2D eigenvalue weighted by atomic mass is 35.5. The molecule has 3 aromatic rings. The van der Waals surface area contributed by atoms with Crippen molar-refractivity contribution in [2.75, 3.05) is 12.0 Å². The van der Waals surface area contributed by atoms with Crippen molar-refractivity contribution in [1.82, 2.24) is 4.98 Å². The molecule has 0 fully saturated rings. The lowest BCUT2D eigenvalue weighted by Gasteiger charge is -2.23. The van der Waals surface area contributed by atoms with Crippen LogP contribution < -0.4 is 9.64 Å². The van der Waals surface area contributed by atoms with Gasteiger partial charge >= 0.3 is 0 Å². The molecule has 6 heteroatoms. The van der Waals surface area contributed by atoms with Gasteiger partial charge in [-0.05, 0) is 48.5 Å². The quantitative estimate of drug-likeness (QED) is 0.652. The average molecular weight is 371 g/mol. The highest BCUT2D eigenvalue weighted by molar-refractivity contribution is 6.31. The number of rotatable bonds is 5. The van der Waals surface area contributed by atoms with Crippen LogP contribution >= 0.6 is 11.6 Å². The molecule has 0 aliphatic carbocycles. The molecule has 4 nitrogen and oxygen atoms in total. The second-order valence-electron chi connectivity index (χ2n) is 5.51. The molecule has 1 heterocycles. The second kappa shape index (κ2) is 7.97. The summed E-state index contributed by atoms with van der Waals surface area (Å²) in [6.07, 6.45) is 1.58. The van der Waals surface area contributed by atoms with Gasteiger partial charge in [0.15, 0.2) is 0 Å². The topological polar surface area (TPSA) is 42.4 Å². The normalized spacial score (nSPS) is 10.4. The van der Waals surface area contributed by atoms with Crippen LogP contribution in [-0.2, 0) is 6.54 Å². The number of amides is 1. The molecule has 0 saturated carbocycles. The number of ether oxygens (including phenoxy) is 1. The number of hydrogen-bond acceptors (Lipinski definition) is 3. The third-order valence-corrected chi connectivity index (χ3v) is 4.24. The van der Waals surface area contributed by atoms with Crippen LogP contribution in [0.4, 0.5) is 10.2 Å². The monoisotopic (exact) mass is 370 g/mol. The molecule has 0 aliphatic heterocycles. The van der Waals surface area contributed by atoms with Gasteiger partial charge in [0, 0.05) is 22.3 Å². The van der Waals surface area contributed by atoms with E-state index in [2.05, 4.69) is 4.98 Å². The van der Waals surface area contributed by atoms with Gasteiger partial charge in [0.05, 0.1) is 13.7 Å². The smallest absolute Gasteiger partial charge is 0.259 e. The zero-order chi connectivity index (χ0) is 18.5. The third kappa shape index (κ3) is 3.83. The minimum absolute atomic E-state index is 0.0343. The molecule has 2 aromatic carbocycles. The molecule has 0 bridgehead atoms. The maximum absolute atomic E-state index is 14.2. The van der Waals surface area contributed by atoms with Gasteiger partial charge in [0.25, 0.3) is 5.91 Å². The van der Waals surface area contributed by atoms with Crippen LogP contribution in [0.5, 0.6) is 5.75 Å². The van der Waals surface area contributed by atoms with Crippen molar-refractivity contribution >= 4 is 23.3 Å². The van der Waals surface area contributed by atoms with E-state index < -0.39 is 5.82 Å². The number of anilines is 1. The highest BCUT2D eigenvalue weighted by Gasteiger charge is 2.22. The zero-order valence-corrected chi connectivity index (χ0v) is 14.8. The first kappa shape index (κ1) is 17.9. The Morgan fingerprint density at radius 1 is 1.12 bits per heavy atom. The number of pyridine rings is 1. The van der Waals surface area contributed by atoms with Crippen LogP contribution in [0, 0.1) is 5.82 Å². The van der Waals surface area contributed by atoms with Crippen LogP contribution in [-0.4, -0.2) is 18.0 Å². The van der Waals surface area contributed by atoms with E-state index in [1.807, 2.05) is 0 Å². The first-order chi connectivity index (χ1) is 12.6. The van der Waals surface area contributed by atoms with Gasteiger partial charge in [0.1, 0.15) is 17.4 Å². The summed E-state index contributed by atoms with van der Waals surface area (Å²) < 4.78 is 19.3. The maximum Gasteiger partial charge on any atom is 0.259 e. The molecule has 3 rings (SSSR count). The molecular formula is C20H16ClFN2O2. The van der Waals surface area contributed by atoms with E-state index in [-0.39, 0.29) is 23.0 Å². The number of benzene rings is 2. The van der Waals surface area contributed by atoms with Crippen molar-refractivity contribution in [1.29, 1.82) is 0 Å². The number of carbonyl (C=O) groups excluding carboxylic acids is 1. The van der Waals surface area contributed by atoms with E-state index in [1.165, 1.54) is 17.0 Å². The summed E-state index contributed by atoms with van der Waals surface area (Å²) in [6.45, 7) is -0.0343. The molecule has 0 aliphatic rings. The Morgan fingerprint density at radius 2 is 1.88 bits per heavy atom. The van der Waals surface area contributed by atoms with Crippen LogP contribution in [0.3, 0.4) is 0 Å². The van der Waals surface area contributed by atoms with Crippen LogP contribution in [0.1, 0.15) is 15.9 Å². The molecule has 0 saturated heterocycles. The van der Waals surface area contributed by atoms with E-state index in [9.17, 15) is 9.18 Å². The van der Waals surface area contributed by atoms with Crippen molar-refractivity contribution in [2.45, 2.75) is 6.54 Å². The largest absolute Gasteiger partial charge is 0.497 e. The first-order valence-electron chi connectivity index (χ1n) is 7.90. The van der Waals surface area contributed by atoms with Gasteiger partial charge in [-0.15, -0.1) is 0 Å². The summed E-state index contributed by atoms with van der Waals surface area (Å²) >= 11 is 6.14. The Morgan fingerprint density at radius 3 is 2.50 bits per heavy atom. The standard InChI is InChI=1S/C20H16ClFN2O2/c1-26-15-10-8-14(9-11-15)20(25)24(19-7-2-3-12-23-19)13-16-17(21)5-4-6-18(16)22/h2-12H,13H2,1H3. The van der Waals surface area contributed by atoms with Gasteiger partial charge in [-0.25, -0.2) is 9.37 Å². The van der Waals surface area contributed by atoms with E-state index in [0.717, 1.165) is 0 Å². The number of hydrogen-bond donors (Lipinski definition) is 0. The minimum Gasteiger partial charge on any atom is -0.497 e. The Labute approximate surface area is 155 Å². The Hall–Kier alpha value is -2.92. The summed E-state index contributed by atoms with van der Waals surface area (Å²) in [5, 5.41) is 0.258. The Bertz CT molecular complexity index is 881. The summed E-state index contributed by atoms with van der Waals surface area (Å²) in [5.74, 6) is 0.266. The number of aromatic nitrogens is 1. The van der Waals surface area contributed by atoms with Crippen LogP contribution in [0.2, 0.25) is 5.02 Å². The van der Waals surface area contributed by atoms with Gasteiger partial charge in [-0.1, -0.05) is 23.7 Å². The molecule has 0 N–H and O–H groups in total. The molecule has 0 atom stereocenters. The molecular weight excluding hydrogens is 355 g/mol. The summed E-state index contributed by atoms with van der Waals surface area (Å²) in [6, 6.07) is 16.3. The fraction of sp³-hybridized carbons (Fsp3) is 0.100. The number of carbonyl (C=O) groups is 1. The molecule has 1 aromatic heterocycles. The fourth-order valence-electron chi connectivity index (χ4n) is 2.50. The second-order valence-corrected chi connectivity index (χ2v) is 5.92. The lowest BCUT2D eigenvalue weighted by atomic mass is 10.1. The molecule has 0 radical (unpaired) electrons. The van der Waals surface area contributed by atoms with Crippen molar-refractivity contribution in [2.24, 2.45) is 0 Å². The molecule has 0 spiro atoms. The molecule has 26 heavy (non-hydrogen) atoms. The van der Waals surface area contributed by atoms with Gasteiger partial charge in [-0.2, -0.15) is 0 Å². The number of methoxy groups -OCH3 is 1. The van der Waals surface area contributed by atoms with Crippen molar-refractivity contribution in [3.05, 3.63) is 88.8 Å². The summed E-state index contributed by atoms with van der Waals surface area (Å²) in [4.78, 5) is 18.7. The molecule has 132 valence electrons.